The number of nitrogens with zero attached hydrogens (tertiary/aromatic N) is 1. The largest absolute Gasteiger partial charge is 0.314 e. The predicted molar refractivity (Wildman–Crippen MR) is 82.3 cm³/mol. The van der Waals surface area contributed by atoms with Gasteiger partial charge in [-0.2, -0.15) is 0 Å². The molecule has 0 radical (unpaired) electrons. The third kappa shape index (κ3) is 5.36. The fraction of sp³-hybridized carbons (Fsp3) is 0.692. The van der Waals surface area contributed by atoms with Crippen LogP contribution in [-0.4, -0.2) is 44.2 Å². The Morgan fingerprint density at radius 2 is 2.11 bits per heavy atom. The minimum absolute atomic E-state index is 1.00. The van der Waals surface area contributed by atoms with E-state index in [4.69, 9.17) is 0 Å². The zero-order valence-electron chi connectivity index (χ0n) is 10.8. The number of nitrogens with one attached hydrogen (secondary N) is 2. The van der Waals surface area contributed by atoms with E-state index in [1.54, 1.807) is 0 Å². The van der Waals surface area contributed by atoms with Gasteiger partial charge < -0.3 is 15.5 Å². The third-order valence-electron chi connectivity index (χ3n) is 3.22. The molecule has 0 amide bonds. The molecule has 0 saturated carbocycles. The van der Waals surface area contributed by atoms with Crippen molar-refractivity contribution in [2.75, 3.05) is 39.3 Å². The maximum absolute atomic E-state index is 3.51. The van der Waals surface area contributed by atoms with Crippen molar-refractivity contribution in [2.45, 2.75) is 19.4 Å². The van der Waals surface area contributed by atoms with Crippen molar-refractivity contribution >= 4 is 27.3 Å². The van der Waals surface area contributed by atoms with E-state index >= 15 is 0 Å². The summed E-state index contributed by atoms with van der Waals surface area (Å²) in [7, 11) is 0. The molecule has 1 aromatic rings. The van der Waals surface area contributed by atoms with Crippen molar-refractivity contribution in [3.63, 3.8) is 0 Å². The first-order chi connectivity index (χ1) is 8.84. The average molecular weight is 332 g/mol. The van der Waals surface area contributed by atoms with Crippen molar-refractivity contribution in [3.05, 3.63) is 20.8 Å². The predicted octanol–water partition coefficient (Wildman–Crippen LogP) is 2.29. The van der Waals surface area contributed by atoms with Gasteiger partial charge in [-0.3, -0.25) is 0 Å². The first kappa shape index (κ1) is 14.5. The molecule has 2 rings (SSSR count). The lowest BCUT2D eigenvalue weighted by molar-refractivity contribution is 0.236. The van der Waals surface area contributed by atoms with E-state index in [0.717, 1.165) is 26.2 Å². The molecule has 0 bridgehead atoms. The van der Waals surface area contributed by atoms with Gasteiger partial charge in [-0.05, 0) is 54.0 Å². The summed E-state index contributed by atoms with van der Waals surface area (Å²) in [5.41, 5.74) is 0. The maximum atomic E-state index is 3.51. The molecule has 2 N–H and O–H groups in total. The van der Waals surface area contributed by atoms with E-state index in [0.29, 0.717) is 0 Å². The van der Waals surface area contributed by atoms with E-state index in [2.05, 4.69) is 43.6 Å². The van der Waals surface area contributed by atoms with Gasteiger partial charge in [0, 0.05) is 37.6 Å². The standard InChI is InChI=1S/C13H22BrN3S/c14-13-4-3-12(18-13)11-16-5-1-2-8-17-9-6-15-7-10-17/h3-4,15-16H,1-2,5-11H2. The van der Waals surface area contributed by atoms with Crippen LogP contribution in [0.25, 0.3) is 0 Å². The molecular weight excluding hydrogens is 310 g/mol. The fourth-order valence-corrected chi connectivity index (χ4v) is 3.63. The van der Waals surface area contributed by atoms with E-state index in [-0.39, 0.29) is 0 Å². The summed E-state index contributed by atoms with van der Waals surface area (Å²) in [6.45, 7) is 8.14. The van der Waals surface area contributed by atoms with Gasteiger partial charge in [0.1, 0.15) is 0 Å². The second-order valence-corrected chi connectivity index (χ2v) is 7.23. The number of piperazine rings is 1. The summed E-state index contributed by atoms with van der Waals surface area (Å²) in [5, 5.41) is 6.90. The second-order valence-electron chi connectivity index (χ2n) is 4.68. The number of thiophene rings is 1. The Labute approximate surface area is 122 Å². The summed E-state index contributed by atoms with van der Waals surface area (Å²) in [6.07, 6.45) is 2.58. The monoisotopic (exact) mass is 331 g/mol. The molecule has 5 heteroatoms. The van der Waals surface area contributed by atoms with Crippen LogP contribution in [0.1, 0.15) is 17.7 Å². The molecule has 1 aliphatic heterocycles. The van der Waals surface area contributed by atoms with Crippen molar-refractivity contribution in [1.82, 2.24) is 15.5 Å². The third-order valence-corrected chi connectivity index (χ3v) is 4.84. The highest BCUT2D eigenvalue weighted by atomic mass is 79.9. The van der Waals surface area contributed by atoms with Gasteiger partial charge in [0.2, 0.25) is 0 Å². The van der Waals surface area contributed by atoms with Crippen molar-refractivity contribution in [3.8, 4) is 0 Å². The summed E-state index contributed by atoms with van der Waals surface area (Å²) in [4.78, 5) is 3.97. The summed E-state index contributed by atoms with van der Waals surface area (Å²) < 4.78 is 1.22. The van der Waals surface area contributed by atoms with Gasteiger partial charge in [-0.25, -0.2) is 0 Å². The SMILES string of the molecule is Brc1ccc(CNCCCCN2CCNCC2)s1. The van der Waals surface area contributed by atoms with Gasteiger partial charge in [-0.15, -0.1) is 11.3 Å². The zero-order chi connectivity index (χ0) is 12.6. The first-order valence-corrected chi connectivity index (χ1v) is 8.33. The van der Waals surface area contributed by atoms with E-state index in [1.165, 1.54) is 41.1 Å². The van der Waals surface area contributed by atoms with Crippen molar-refractivity contribution in [1.29, 1.82) is 0 Å². The highest BCUT2D eigenvalue weighted by Crippen LogP contribution is 2.21. The summed E-state index contributed by atoms with van der Waals surface area (Å²) in [6, 6.07) is 4.30. The first-order valence-electron chi connectivity index (χ1n) is 6.72. The zero-order valence-corrected chi connectivity index (χ0v) is 13.2. The van der Waals surface area contributed by atoms with Gasteiger partial charge in [0.25, 0.3) is 0 Å². The average Bonchev–Trinajstić information content (AvgIpc) is 2.81. The highest BCUT2D eigenvalue weighted by molar-refractivity contribution is 9.11. The van der Waals surface area contributed by atoms with Crippen LogP contribution >= 0.6 is 27.3 Å². The number of unbranched alkanes of at least 4 members (excludes halogenated alkanes) is 1. The molecule has 1 aromatic heterocycles. The smallest absolute Gasteiger partial charge is 0.0701 e. The van der Waals surface area contributed by atoms with Gasteiger partial charge in [0.05, 0.1) is 3.79 Å². The molecule has 0 unspecified atom stereocenters. The Morgan fingerprint density at radius 1 is 1.28 bits per heavy atom. The molecule has 1 saturated heterocycles. The lowest BCUT2D eigenvalue weighted by Gasteiger charge is -2.27. The van der Waals surface area contributed by atoms with Crippen LogP contribution in [-0.2, 0) is 6.54 Å². The molecule has 0 aromatic carbocycles. The quantitative estimate of drug-likeness (QED) is 0.750. The Bertz CT molecular complexity index is 337. The highest BCUT2D eigenvalue weighted by Gasteiger charge is 2.07. The Hall–Kier alpha value is 0.0600. The minimum atomic E-state index is 1.00. The normalized spacial score (nSPS) is 17.2. The molecule has 2 heterocycles. The maximum Gasteiger partial charge on any atom is 0.0701 e. The van der Waals surface area contributed by atoms with Crippen LogP contribution in [0, 0.1) is 0 Å². The van der Waals surface area contributed by atoms with E-state index < -0.39 is 0 Å². The number of hydrogen-bond acceptors (Lipinski definition) is 4. The Kier molecular flexibility index (Phi) is 6.65. The summed E-state index contributed by atoms with van der Waals surface area (Å²) >= 11 is 5.30. The van der Waals surface area contributed by atoms with Crippen molar-refractivity contribution < 1.29 is 0 Å². The van der Waals surface area contributed by atoms with Crippen LogP contribution in [0.2, 0.25) is 0 Å². The van der Waals surface area contributed by atoms with E-state index in [1.807, 2.05) is 11.3 Å². The molecule has 0 atom stereocenters. The Morgan fingerprint density at radius 3 is 2.83 bits per heavy atom. The molecule has 18 heavy (non-hydrogen) atoms. The lowest BCUT2D eigenvalue weighted by Crippen LogP contribution is -2.43. The van der Waals surface area contributed by atoms with Crippen LogP contribution in [0.5, 0.6) is 0 Å². The van der Waals surface area contributed by atoms with Gasteiger partial charge in [-0.1, -0.05) is 0 Å². The molecular formula is C13H22BrN3S. The van der Waals surface area contributed by atoms with Crippen molar-refractivity contribution in [2.24, 2.45) is 0 Å². The second kappa shape index (κ2) is 8.27. The topological polar surface area (TPSA) is 27.3 Å². The van der Waals surface area contributed by atoms with Crippen LogP contribution < -0.4 is 10.6 Å². The molecule has 1 fully saturated rings. The van der Waals surface area contributed by atoms with Crippen LogP contribution in [0.3, 0.4) is 0 Å². The Balaban J connectivity index is 1.46. The van der Waals surface area contributed by atoms with E-state index in [9.17, 15) is 0 Å². The number of hydrogen-bond donors (Lipinski definition) is 2. The van der Waals surface area contributed by atoms with Gasteiger partial charge >= 0.3 is 0 Å². The molecule has 0 spiro atoms. The molecule has 0 aliphatic carbocycles. The summed E-state index contributed by atoms with van der Waals surface area (Å²) in [5.74, 6) is 0. The van der Waals surface area contributed by atoms with Crippen LogP contribution in [0.4, 0.5) is 0 Å². The number of halogens is 1. The fourth-order valence-electron chi connectivity index (χ4n) is 2.18. The lowest BCUT2D eigenvalue weighted by atomic mass is 10.2. The molecule has 3 nitrogen and oxygen atoms in total. The minimum Gasteiger partial charge on any atom is -0.314 e. The molecule has 102 valence electrons. The number of rotatable bonds is 7. The van der Waals surface area contributed by atoms with Gasteiger partial charge in [0.15, 0.2) is 0 Å². The molecule has 1 aliphatic rings. The van der Waals surface area contributed by atoms with Crippen LogP contribution in [0.15, 0.2) is 15.9 Å².